The van der Waals surface area contributed by atoms with Crippen LogP contribution in [0.25, 0.3) is 0 Å². The van der Waals surface area contributed by atoms with E-state index in [-0.39, 0.29) is 16.8 Å². The van der Waals surface area contributed by atoms with Gasteiger partial charge in [-0.2, -0.15) is 0 Å². The monoisotopic (exact) mass is 357 g/mol. The van der Waals surface area contributed by atoms with Crippen molar-refractivity contribution in [3.05, 3.63) is 45.8 Å². The molecular weight excluding hydrogens is 330 g/mol. The van der Waals surface area contributed by atoms with Gasteiger partial charge in [-0.3, -0.25) is 0 Å². The van der Waals surface area contributed by atoms with Gasteiger partial charge < -0.3 is 10.1 Å². The van der Waals surface area contributed by atoms with E-state index in [0.717, 1.165) is 5.69 Å². The van der Waals surface area contributed by atoms with Crippen LogP contribution < -0.4 is 5.32 Å². The van der Waals surface area contributed by atoms with E-state index < -0.39 is 0 Å². The maximum atomic E-state index is 11.6. The highest BCUT2D eigenvalue weighted by Crippen LogP contribution is 2.53. The number of thiophene rings is 1. The molecule has 25 heavy (non-hydrogen) atoms. The number of rotatable bonds is 3. The lowest BCUT2D eigenvalue weighted by Crippen LogP contribution is -2.32. The number of nitrogens with one attached hydrogen (secondary N) is 1. The molecular formula is C21H27NO2S. The summed E-state index contributed by atoms with van der Waals surface area (Å²) in [5.74, 6) is -0.308. The number of benzene rings is 1. The Hall–Kier alpha value is -1.81. The highest BCUT2D eigenvalue weighted by Gasteiger charge is 2.40. The molecule has 3 rings (SSSR count). The van der Waals surface area contributed by atoms with Gasteiger partial charge in [0.1, 0.15) is 0 Å². The standard InChI is InChI=1S/C21H27NO2S/c1-13-16-17(21(4,5)12-11-20(16,2)3)25-18(13)22-15-9-7-14(8-10-15)19(23)24-6/h7-10,22H,11-12H2,1-6H3. The normalized spacial score (nSPS) is 17.7. The Morgan fingerprint density at radius 3 is 2.24 bits per heavy atom. The number of hydrogen-bond donors (Lipinski definition) is 1. The van der Waals surface area contributed by atoms with Crippen LogP contribution >= 0.6 is 11.3 Å². The lowest BCUT2D eigenvalue weighted by molar-refractivity contribution is 0.0601. The molecule has 1 aliphatic carbocycles. The Labute approximate surface area is 154 Å². The molecule has 0 bridgehead atoms. The third-order valence-electron chi connectivity index (χ3n) is 5.38. The van der Waals surface area contributed by atoms with E-state index in [4.69, 9.17) is 4.74 Å². The van der Waals surface area contributed by atoms with Crippen molar-refractivity contribution in [2.75, 3.05) is 12.4 Å². The lowest BCUT2D eigenvalue weighted by Gasteiger charge is -2.39. The van der Waals surface area contributed by atoms with Gasteiger partial charge in [0, 0.05) is 10.6 Å². The van der Waals surface area contributed by atoms with Crippen LogP contribution in [0.1, 0.15) is 66.9 Å². The summed E-state index contributed by atoms with van der Waals surface area (Å²) < 4.78 is 4.76. The Kier molecular flexibility index (Phi) is 4.44. The van der Waals surface area contributed by atoms with Crippen LogP contribution in [0.3, 0.4) is 0 Å². The number of fused-ring (bicyclic) bond motifs is 1. The van der Waals surface area contributed by atoms with Crippen LogP contribution in [0.2, 0.25) is 0 Å². The Balaban J connectivity index is 1.95. The van der Waals surface area contributed by atoms with E-state index in [1.54, 1.807) is 12.1 Å². The van der Waals surface area contributed by atoms with Crippen molar-refractivity contribution in [1.82, 2.24) is 0 Å². The summed E-state index contributed by atoms with van der Waals surface area (Å²) in [4.78, 5) is 13.1. The fourth-order valence-corrected chi connectivity index (χ4v) is 5.26. The van der Waals surface area contributed by atoms with E-state index >= 15 is 0 Å². The fraction of sp³-hybridized carbons (Fsp3) is 0.476. The van der Waals surface area contributed by atoms with Crippen molar-refractivity contribution in [1.29, 1.82) is 0 Å². The zero-order valence-electron chi connectivity index (χ0n) is 15.9. The zero-order chi connectivity index (χ0) is 18.4. The predicted molar refractivity (Wildman–Crippen MR) is 105 cm³/mol. The van der Waals surface area contributed by atoms with Crippen molar-refractivity contribution in [3.63, 3.8) is 0 Å². The SMILES string of the molecule is COC(=O)c1ccc(Nc2sc3c(c2C)C(C)(C)CCC3(C)C)cc1. The van der Waals surface area contributed by atoms with Crippen LogP contribution in [0.4, 0.5) is 10.7 Å². The molecule has 0 fully saturated rings. The minimum absolute atomic E-state index is 0.222. The number of anilines is 2. The van der Waals surface area contributed by atoms with Gasteiger partial charge in [-0.15, -0.1) is 11.3 Å². The molecule has 0 amide bonds. The molecule has 0 spiro atoms. The van der Waals surface area contributed by atoms with E-state index in [0.29, 0.717) is 5.56 Å². The minimum Gasteiger partial charge on any atom is -0.465 e. The van der Waals surface area contributed by atoms with Gasteiger partial charge in [-0.1, -0.05) is 27.7 Å². The van der Waals surface area contributed by atoms with Crippen LogP contribution in [0, 0.1) is 6.92 Å². The molecule has 4 heteroatoms. The third kappa shape index (κ3) is 3.20. The molecule has 1 aliphatic rings. The molecule has 2 aromatic rings. The van der Waals surface area contributed by atoms with Gasteiger partial charge in [0.2, 0.25) is 0 Å². The number of ether oxygens (including phenoxy) is 1. The molecule has 1 heterocycles. The van der Waals surface area contributed by atoms with Crippen molar-refractivity contribution in [3.8, 4) is 0 Å². The van der Waals surface area contributed by atoms with Crippen molar-refractivity contribution in [2.45, 2.75) is 58.3 Å². The van der Waals surface area contributed by atoms with Gasteiger partial charge >= 0.3 is 5.97 Å². The van der Waals surface area contributed by atoms with Crippen LogP contribution in [0.15, 0.2) is 24.3 Å². The number of methoxy groups -OCH3 is 1. The van der Waals surface area contributed by atoms with E-state index in [9.17, 15) is 4.79 Å². The molecule has 0 atom stereocenters. The van der Waals surface area contributed by atoms with Gasteiger partial charge in [-0.25, -0.2) is 4.79 Å². The van der Waals surface area contributed by atoms with E-state index in [1.165, 1.54) is 41.0 Å². The smallest absolute Gasteiger partial charge is 0.337 e. The largest absolute Gasteiger partial charge is 0.465 e. The Bertz CT molecular complexity index is 800. The minimum atomic E-state index is -0.308. The molecule has 0 saturated carbocycles. The molecule has 1 N–H and O–H groups in total. The summed E-state index contributed by atoms with van der Waals surface area (Å²) in [6, 6.07) is 7.46. The first kappa shape index (κ1) is 18.0. The second-order valence-electron chi connectivity index (χ2n) is 8.22. The molecule has 0 aliphatic heterocycles. The summed E-state index contributed by atoms with van der Waals surface area (Å²) in [7, 11) is 1.40. The predicted octanol–water partition coefficient (Wildman–Crippen LogP) is 5.94. The van der Waals surface area contributed by atoms with Crippen LogP contribution in [0.5, 0.6) is 0 Å². The topological polar surface area (TPSA) is 38.3 Å². The summed E-state index contributed by atoms with van der Waals surface area (Å²) in [6.45, 7) is 11.6. The number of carbonyl (C=O) groups is 1. The lowest BCUT2D eigenvalue weighted by atomic mass is 9.66. The van der Waals surface area contributed by atoms with Crippen molar-refractivity contribution in [2.24, 2.45) is 0 Å². The zero-order valence-corrected chi connectivity index (χ0v) is 16.8. The van der Waals surface area contributed by atoms with Crippen molar-refractivity contribution >= 4 is 28.0 Å². The maximum absolute atomic E-state index is 11.6. The van der Waals surface area contributed by atoms with Crippen LogP contribution in [-0.2, 0) is 15.6 Å². The summed E-state index contributed by atoms with van der Waals surface area (Å²) in [5, 5.41) is 4.76. The molecule has 0 unspecified atom stereocenters. The molecule has 134 valence electrons. The van der Waals surface area contributed by atoms with Gasteiger partial charge in [0.25, 0.3) is 0 Å². The first-order valence-electron chi connectivity index (χ1n) is 8.75. The van der Waals surface area contributed by atoms with E-state index in [2.05, 4.69) is 39.9 Å². The quantitative estimate of drug-likeness (QED) is 0.691. The highest BCUT2D eigenvalue weighted by molar-refractivity contribution is 7.16. The summed E-state index contributed by atoms with van der Waals surface area (Å²) in [6.07, 6.45) is 2.44. The molecule has 1 aromatic heterocycles. The molecule has 3 nitrogen and oxygen atoms in total. The summed E-state index contributed by atoms with van der Waals surface area (Å²) >= 11 is 1.88. The third-order valence-corrected chi connectivity index (χ3v) is 6.95. The molecule has 0 saturated heterocycles. The van der Waals surface area contributed by atoms with Gasteiger partial charge in [0.15, 0.2) is 0 Å². The highest BCUT2D eigenvalue weighted by atomic mass is 32.1. The molecule has 0 radical (unpaired) electrons. The Morgan fingerprint density at radius 2 is 1.68 bits per heavy atom. The van der Waals surface area contributed by atoms with Crippen LogP contribution in [-0.4, -0.2) is 13.1 Å². The van der Waals surface area contributed by atoms with Gasteiger partial charge in [-0.05, 0) is 66.0 Å². The first-order valence-corrected chi connectivity index (χ1v) is 9.57. The molecule has 1 aromatic carbocycles. The first-order chi connectivity index (χ1) is 11.7. The summed E-state index contributed by atoms with van der Waals surface area (Å²) in [5.41, 5.74) is 4.88. The average molecular weight is 358 g/mol. The van der Waals surface area contributed by atoms with E-state index in [1.807, 2.05) is 23.5 Å². The Morgan fingerprint density at radius 1 is 1.08 bits per heavy atom. The number of esters is 1. The average Bonchev–Trinajstić information content (AvgIpc) is 2.91. The maximum Gasteiger partial charge on any atom is 0.337 e. The van der Waals surface area contributed by atoms with Crippen molar-refractivity contribution < 1.29 is 9.53 Å². The number of carbonyl (C=O) groups excluding carboxylic acids is 1. The number of hydrogen-bond acceptors (Lipinski definition) is 4. The second kappa shape index (κ2) is 6.17. The second-order valence-corrected chi connectivity index (χ2v) is 9.24. The van der Waals surface area contributed by atoms with Gasteiger partial charge in [0.05, 0.1) is 17.7 Å². The fourth-order valence-electron chi connectivity index (χ4n) is 3.73.